The van der Waals surface area contributed by atoms with Crippen molar-refractivity contribution in [2.45, 2.75) is 42.3 Å². The molecule has 2 N–H and O–H groups in total. The molecule has 1 saturated carbocycles. The number of fused-ring (bicyclic) bond motifs is 1. The van der Waals surface area contributed by atoms with Crippen molar-refractivity contribution in [2.75, 3.05) is 11.9 Å². The molecule has 4 nitrogen and oxygen atoms in total. The first-order valence-corrected chi connectivity index (χ1v) is 8.19. The van der Waals surface area contributed by atoms with Gasteiger partial charge in [0.25, 0.3) is 0 Å². The summed E-state index contributed by atoms with van der Waals surface area (Å²) in [4.78, 5) is -0.133. The molecule has 0 unspecified atom stereocenters. The summed E-state index contributed by atoms with van der Waals surface area (Å²) in [7, 11) is -4.18. The molecule has 2 aliphatic rings. The summed E-state index contributed by atoms with van der Waals surface area (Å²) >= 11 is 0. The van der Waals surface area contributed by atoms with Crippen LogP contribution in [0.1, 0.15) is 24.8 Å². The van der Waals surface area contributed by atoms with Crippen molar-refractivity contribution >= 4 is 15.7 Å². The summed E-state index contributed by atoms with van der Waals surface area (Å²) < 4.78 is 64.8. The lowest BCUT2D eigenvalue weighted by Crippen LogP contribution is -2.47. The van der Waals surface area contributed by atoms with Gasteiger partial charge in [0.05, 0.1) is 4.90 Å². The van der Waals surface area contributed by atoms with E-state index in [0.717, 1.165) is 24.9 Å². The highest BCUT2D eigenvalue weighted by Crippen LogP contribution is 2.49. The molecule has 0 saturated heterocycles. The standard InChI is InChI=1S/C13H15F3N2O2S/c14-13(15,16)12(5-6-12)18-21(19,20)10-4-3-9-2-1-7-17-11(9)8-10/h3-4,8,17-18H,1-2,5-7H2. The van der Waals surface area contributed by atoms with Crippen LogP contribution in [0, 0.1) is 0 Å². The van der Waals surface area contributed by atoms with Gasteiger partial charge in [-0.15, -0.1) is 0 Å². The second-order valence-electron chi connectivity index (χ2n) is 5.53. The molecule has 0 amide bonds. The van der Waals surface area contributed by atoms with E-state index in [1.165, 1.54) is 12.1 Å². The molecule has 1 aliphatic carbocycles. The molecule has 1 fully saturated rings. The van der Waals surface area contributed by atoms with E-state index in [1.54, 1.807) is 6.07 Å². The molecular weight excluding hydrogens is 305 g/mol. The molecule has 1 aromatic carbocycles. The normalized spacial score (nSPS) is 20.5. The smallest absolute Gasteiger partial charge is 0.385 e. The lowest BCUT2D eigenvalue weighted by Gasteiger charge is -2.22. The summed E-state index contributed by atoms with van der Waals surface area (Å²) in [6.07, 6.45) is -3.19. The van der Waals surface area contributed by atoms with E-state index in [1.807, 2.05) is 4.72 Å². The first kappa shape index (κ1) is 14.6. The zero-order chi connectivity index (χ0) is 15.3. The minimum Gasteiger partial charge on any atom is -0.385 e. The van der Waals surface area contributed by atoms with Gasteiger partial charge in [-0.25, -0.2) is 8.42 Å². The Bertz CT molecular complexity index is 666. The minimum absolute atomic E-state index is 0.133. The van der Waals surface area contributed by atoms with Crippen molar-refractivity contribution in [2.24, 2.45) is 0 Å². The van der Waals surface area contributed by atoms with Crippen LogP contribution in [0.15, 0.2) is 23.1 Å². The molecule has 8 heteroatoms. The van der Waals surface area contributed by atoms with Crippen molar-refractivity contribution in [3.05, 3.63) is 23.8 Å². The highest BCUT2D eigenvalue weighted by atomic mass is 32.2. The predicted molar refractivity (Wildman–Crippen MR) is 71.6 cm³/mol. The fourth-order valence-electron chi connectivity index (χ4n) is 2.49. The van der Waals surface area contributed by atoms with Crippen molar-refractivity contribution < 1.29 is 21.6 Å². The van der Waals surface area contributed by atoms with Gasteiger partial charge >= 0.3 is 6.18 Å². The predicted octanol–water partition coefficient (Wildman–Crippen LogP) is 2.42. The summed E-state index contributed by atoms with van der Waals surface area (Å²) in [5.74, 6) is 0. The number of benzene rings is 1. The topological polar surface area (TPSA) is 58.2 Å². The molecule has 0 spiro atoms. The van der Waals surface area contributed by atoms with Gasteiger partial charge in [-0.3, -0.25) is 0 Å². The maximum absolute atomic E-state index is 12.9. The molecule has 1 aromatic rings. The Hall–Kier alpha value is -1.28. The van der Waals surface area contributed by atoms with Crippen molar-refractivity contribution in [1.29, 1.82) is 0 Å². The zero-order valence-corrected chi connectivity index (χ0v) is 11.9. The van der Waals surface area contributed by atoms with Gasteiger partial charge < -0.3 is 5.32 Å². The third-order valence-corrected chi connectivity index (χ3v) is 5.49. The van der Waals surface area contributed by atoms with Gasteiger partial charge in [-0.1, -0.05) is 6.07 Å². The van der Waals surface area contributed by atoms with Crippen LogP contribution >= 0.6 is 0 Å². The van der Waals surface area contributed by atoms with Gasteiger partial charge in [0.15, 0.2) is 0 Å². The van der Waals surface area contributed by atoms with Crippen LogP contribution in [0.4, 0.5) is 18.9 Å². The summed E-state index contributed by atoms with van der Waals surface area (Å²) in [5, 5.41) is 3.07. The van der Waals surface area contributed by atoms with Crippen LogP contribution in [0.25, 0.3) is 0 Å². The Morgan fingerprint density at radius 1 is 1.24 bits per heavy atom. The number of nitrogens with one attached hydrogen (secondary N) is 2. The number of hydrogen-bond donors (Lipinski definition) is 2. The summed E-state index contributed by atoms with van der Waals surface area (Å²) in [6.45, 7) is 0.733. The van der Waals surface area contributed by atoms with Crippen molar-refractivity contribution in [3.8, 4) is 0 Å². The highest BCUT2D eigenvalue weighted by Gasteiger charge is 2.65. The SMILES string of the molecule is O=S(=O)(NC1(C(F)(F)F)CC1)c1ccc2c(c1)NCCC2. The molecule has 0 radical (unpaired) electrons. The Morgan fingerprint density at radius 3 is 2.57 bits per heavy atom. The fraction of sp³-hybridized carbons (Fsp3) is 0.538. The molecular formula is C13H15F3N2O2S. The third-order valence-electron chi connectivity index (χ3n) is 3.95. The van der Waals surface area contributed by atoms with Crippen molar-refractivity contribution in [3.63, 3.8) is 0 Å². The lowest BCUT2D eigenvalue weighted by molar-refractivity contribution is -0.160. The van der Waals surface area contributed by atoms with E-state index in [0.29, 0.717) is 5.69 Å². The van der Waals surface area contributed by atoms with E-state index >= 15 is 0 Å². The Morgan fingerprint density at radius 2 is 1.95 bits per heavy atom. The zero-order valence-electron chi connectivity index (χ0n) is 11.1. The Kier molecular flexibility index (Phi) is 3.21. The highest BCUT2D eigenvalue weighted by molar-refractivity contribution is 7.89. The minimum atomic E-state index is -4.56. The quantitative estimate of drug-likeness (QED) is 0.899. The van der Waals surface area contributed by atoms with Crippen molar-refractivity contribution in [1.82, 2.24) is 4.72 Å². The van der Waals surface area contributed by atoms with E-state index < -0.39 is 21.7 Å². The number of anilines is 1. The number of hydrogen-bond acceptors (Lipinski definition) is 3. The number of sulfonamides is 1. The van der Waals surface area contributed by atoms with E-state index in [9.17, 15) is 21.6 Å². The molecule has 21 heavy (non-hydrogen) atoms. The van der Waals surface area contributed by atoms with Crippen LogP contribution in [-0.2, 0) is 16.4 Å². The molecule has 1 aliphatic heterocycles. The summed E-state index contributed by atoms with van der Waals surface area (Å²) in [5.41, 5.74) is -0.618. The van der Waals surface area contributed by atoms with Gasteiger partial charge in [0.2, 0.25) is 10.0 Å². The Balaban J connectivity index is 1.89. The van der Waals surface area contributed by atoms with Gasteiger partial charge in [-0.05, 0) is 43.4 Å². The fourth-order valence-corrected chi connectivity index (χ4v) is 3.96. The first-order chi connectivity index (χ1) is 9.74. The van der Waals surface area contributed by atoms with Crippen LogP contribution in [-0.4, -0.2) is 26.7 Å². The second kappa shape index (κ2) is 4.61. The average molecular weight is 320 g/mol. The van der Waals surface area contributed by atoms with Gasteiger partial charge in [0.1, 0.15) is 5.54 Å². The lowest BCUT2D eigenvalue weighted by atomic mass is 10.0. The van der Waals surface area contributed by atoms with Crippen LogP contribution in [0.5, 0.6) is 0 Å². The molecule has 1 heterocycles. The summed E-state index contributed by atoms with van der Waals surface area (Å²) in [6, 6.07) is 4.42. The number of aryl methyl sites for hydroxylation is 1. The maximum Gasteiger partial charge on any atom is 0.407 e. The average Bonchev–Trinajstić information content (AvgIpc) is 3.18. The molecule has 0 aromatic heterocycles. The molecule has 0 bridgehead atoms. The van der Waals surface area contributed by atoms with Crippen LogP contribution < -0.4 is 10.0 Å². The monoisotopic (exact) mass is 320 g/mol. The van der Waals surface area contributed by atoms with Gasteiger partial charge in [0, 0.05) is 12.2 Å². The van der Waals surface area contributed by atoms with Crippen LogP contribution in [0.3, 0.4) is 0 Å². The van der Waals surface area contributed by atoms with E-state index in [-0.39, 0.29) is 17.7 Å². The Labute approximate surface area is 120 Å². The molecule has 3 rings (SSSR count). The number of alkyl halides is 3. The maximum atomic E-state index is 12.9. The molecule has 0 atom stereocenters. The number of halogens is 3. The van der Waals surface area contributed by atoms with E-state index in [2.05, 4.69) is 5.32 Å². The second-order valence-corrected chi connectivity index (χ2v) is 7.22. The molecule has 116 valence electrons. The largest absolute Gasteiger partial charge is 0.407 e. The third kappa shape index (κ3) is 2.62. The van der Waals surface area contributed by atoms with E-state index in [4.69, 9.17) is 0 Å². The van der Waals surface area contributed by atoms with Crippen LogP contribution in [0.2, 0.25) is 0 Å². The first-order valence-electron chi connectivity index (χ1n) is 6.71. The number of rotatable bonds is 3. The van der Waals surface area contributed by atoms with Gasteiger partial charge in [-0.2, -0.15) is 17.9 Å².